The lowest BCUT2D eigenvalue weighted by atomic mass is 9.88. The molecule has 0 bridgehead atoms. The molecule has 0 amide bonds. The molecular weight excluding hydrogens is 236 g/mol. The number of nitrogens with one attached hydrogen (secondary N) is 1. The summed E-state index contributed by atoms with van der Waals surface area (Å²) in [5.74, 6) is 0. The third kappa shape index (κ3) is 3.00. The van der Waals surface area contributed by atoms with Crippen molar-refractivity contribution in [2.24, 2.45) is 7.05 Å². The summed E-state index contributed by atoms with van der Waals surface area (Å²) < 4.78 is 2.00. The van der Waals surface area contributed by atoms with Crippen LogP contribution in [0.4, 0.5) is 0 Å². The average Bonchev–Trinajstić information content (AvgIpc) is 2.83. The molecule has 0 aliphatic carbocycles. The summed E-state index contributed by atoms with van der Waals surface area (Å²) >= 11 is 0. The van der Waals surface area contributed by atoms with E-state index in [1.54, 1.807) is 0 Å². The van der Waals surface area contributed by atoms with Gasteiger partial charge in [0.05, 0.1) is 11.7 Å². The van der Waals surface area contributed by atoms with Crippen molar-refractivity contribution < 1.29 is 0 Å². The van der Waals surface area contributed by atoms with Crippen molar-refractivity contribution in [3.8, 4) is 0 Å². The van der Waals surface area contributed by atoms with E-state index in [1.165, 1.54) is 38.0 Å². The first-order valence-electron chi connectivity index (χ1n) is 7.53. The van der Waals surface area contributed by atoms with E-state index in [1.807, 2.05) is 17.9 Å². The Bertz CT molecular complexity index is 391. The van der Waals surface area contributed by atoms with Crippen molar-refractivity contribution >= 4 is 0 Å². The quantitative estimate of drug-likeness (QED) is 0.886. The van der Waals surface area contributed by atoms with E-state index >= 15 is 0 Å². The van der Waals surface area contributed by atoms with Crippen LogP contribution in [0.15, 0.2) is 12.3 Å². The minimum atomic E-state index is 0.115. The molecule has 2 rings (SSSR count). The number of nitrogens with zero attached hydrogens (tertiary/aromatic N) is 3. The van der Waals surface area contributed by atoms with Crippen LogP contribution in [-0.4, -0.2) is 39.9 Å². The Kier molecular flexibility index (Phi) is 4.63. The van der Waals surface area contributed by atoms with Gasteiger partial charge in [0.2, 0.25) is 0 Å². The first-order chi connectivity index (χ1) is 9.07. The maximum absolute atomic E-state index is 4.34. The summed E-state index contributed by atoms with van der Waals surface area (Å²) in [6.45, 7) is 10.3. The first kappa shape index (κ1) is 14.5. The fourth-order valence-corrected chi connectivity index (χ4v) is 3.24. The fourth-order valence-electron chi connectivity index (χ4n) is 3.24. The lowest BCUT2D eigenvalue weighted by Gasteiger charge is -2.46. The second-order valence-electron chi connectivity index (χ2n) is 6.07. The molecule has 4 nitrogen and oxygen atoms in total. The molecule has 4 heteroatoms. The van der Waals surface area contributed by atoms with Gasteiger partial charge in [-0.25, -0.2) is 0 Å². The zero-order chi connectivity index (χ0) is 13.9. The van der Waals surface area contributed by atoms with Crippen molar-refractivity contribution in [2.45, 2.75) is 51.6 Å². The number of hydrogen-bond acceptors (Lipinski definition) is 3. The van der Waals surface area contributed by atoms with Crippen LogP contribution in [0.3, 0.4) is 0 Å². The van der Waals surface area contributed by atoms with Gasteiger partial charge >= 0.3 is 0 Å². The van der Waals surface area contributed by atoms with Crippen LogP contribution < -0.4 is 5.32 Å². The number of likely N-dealkylation sites (tertiary alicyclic amines) is 1. The number of piperidine rings is 1. The number of likely N-dealkylation sites (N-methyl/N-ethyl adjacent to an activating group) is 1. The second-order valence-corrected chi connectivity index (χ2v) is 6.07. The molecule has 1 atom stereocenters. The second kappa shape index (κ2) is 6.06. The van der Waals surface area contributed by atoms with Gasteiger partial charge in [0, 0.05) is 18.8 Å². The van der Waals surface area contributed by atoms with Crippen LogP contribution in [0, 0.1) is 0 Å². The monoisotopic (exact) mass is 264 g/mol. The Morgan fingerprint density at radius 1 is 1.32 bits per heavy atom. The summed E-state index contributed by atoms with van der Waals surface area (Å²) in [6.07, 6.45) is 5.93. The van der Waals surface area contributed by atoms with Gasteiger partial charge in [-0.15, -0.1) is 0 Å². The van der Waals surface area contributed by atoms with Crippen LogP contribution in [-0.2, 0) is 7.05 Å². The average molecular weight is 264 g/mol. The molecule has 0 aromatic carbocycles. The number of rotatable bonds is 5. The van der Waals surface area contributed by atoms with Crippen molar-refractivity contribution in [1.29, 1.82) is 0 Å². The first-order valence-corrected chi connectivity index (χ1v) is 7.53. The fraction of sp³-hybridized carbons (Fsp3) is 0.800. The van der Waals surface area contributed by atoms with Gasteiger partial charge in [-0.2, -0.15) is 5.10 Å². The van der Waals surface area contributed by atoms with E-state index in [4.69, 9.17) is 0 Å². The molecule has 1 aliphatic rings. The highest BCUT2D eigenvalue weighted by molar-refractivity contribution is 5.14. The van der Waals surface area contributed by atoms with Gasteiger partial charge < -0.3 is 5.32 Å². The predicted molar refractivity (Wildman–Crippen MR) is 79.1 cm³/mol. The molecular formula is C15H28N4. The number of hydrogen-bond donors (Lipinski definition) is 1. The van der Waals surface area contributed by atoms with Gasteiger partial charge in [-0.1, -0.05) is 13.3 Å². The number of aromatic nitrogens is 2. The normalized spacial score (nSPS) is 19.6. The molecule has 1 aromatic rings. The highest BCUT2D eigenvalue weighted by Gasteiger charge is 2.37. The molecule has 1 N–H and O–H groups in total. The molecule has 1 saturated heterocycles. The molecule has 1 unspecified atom stereocenters. The van der Waals surface area contributed by atoms with Crippen LogP contribution in [0.5, 0.6) is 0 Å². The van der Waals surface area contributed by atoms with Gasteiger partial charge in [0.15, 0.2) is 0 Å². The standard InChI is InChI=1S/C15H28N4/c1-5-16-14(13-9-10-17-18(13)4)15(2,3)19-11-7-6-8-12-19/h9-10,14,16H,5-8,11-12H2,1-4H3. The van der Waals surface area contributed by atoms with Crippen molar-refractivity contribution in [3.63, 3.8) is 0 Å². The van der Waals surface area contributed by atoms with E-state index < -0.39 is 0 Å². The SMILES string of the molecule is CCNC(c1ccnn1C)C(C)(C)N1CCCCC1. The zero-order valence-corrected chi connectivity index (χ0v) is 12.8. The minimum Gasteiger partial charge on any atom is -0.307 e. The summed E-state index contributed by atoms with van der Waals surface area (Å²) in [7, 11) is 2.03. The summed E-state index contributed by atoms with van der Waals surface area (Å²) in [4.78, 5) is 2.64. The van der Waals surface area contributed by atoms with Gasteiger partial charge in [0.1, 0.15) is 0 Å². The Hall–Kier alpha value is -0.870. The lowest BCUT2D eigenvalue weighted by Crippen LogP contribution is -2.54. The Morgan fingerprint density at radius 3 is 2.53 bits per heavy atom. The van der Waals surface area contributed by atoms with Crippen molar-refractivity contribution in [3.05, 3.63) is 18.0 Å². The largest absolute Gasteiger partial charge is 0.307 e. The molecule has 1 aliphatic heterocycles. The highest BCUT2D eigenvalue weighted by atomic mass is 15.3. The van der Waals surface area contributed by atoms with Gasteiger partial charge in [0.25, 0.3) is 0 Å². The lowest BCUT2D eigenvalue weighted by molar-refractivity contribution is 0.0587. The summed E-state index contributed by atoms with van der Waals surface area (Å²) in [6, 6.07) is 2.46. The molecule has 0 spiro atoms. The Labute approximate surface area is 117 Å². The highest BCUT2D eigenvalue weighted by Crippen LogP contribution is 2.32. The molecule has 0 saturated carbocycles. The van der Waals surface area contributed by atoms with Gasteiger partial charge in [-0.05, 0) is 52.4 Å². The van der Waals surface area contributed by atoms with E-state index in [0.717, 1.165) is 6.54 Å². The van der Waals surface area contributed by atoms with Gasteiger partial charge in [-0.3, -0.25) is 9.58 Å². The van der Waals surface area contributed by atoms with Crippen LogP contribution in [0.25, 0.3) is 0 Å². The number of aryl methyl sites for hydroxylation is 1. The Balaban J connectivity index is 2.24. The summed E-state index contributed by atoms with van der Waals surface area (Å²) in [5.41, 5.74) is 1.39. The molecule has 1 fully saturated rings. The maximum Gasteiger partial charge on any atom is 0.0673 e. The third-order valence-corrected chi connectivity index (χ3v) is 4.44. The van der Waals surface area contributed by atoms with Crippen LogP contribution in [0.2, 0.25) is 0 Å². The molecule has 2 heterocycles. The topological polar surface area (TPSA) is 33.1 Å². The Morgan fingerprint density at radius 2 is 2.00 bits per heavy atom. The van der Waals surface area contributed by atoms with Crippen LogP contribution >= 0.6 is 0 Å². The van der Waals surface area contributed by atoms with Crippen molar-refractivity contribution in [1.82, 2.24) is 20.0 Å². The van der Waals surface area contributed by atoms with Crippen LogP contribution in [0.1, 0.15) is 51.8 Å². The van der Waals surface area contributed by atoms with E-state index in [-0.39, 0.29) is 5.54 Å². The van der Waals surface area contributed by atoms with E-state index in [2.05, 4.69) is 42.2 Å². The van der Waals surface area contributed by atoms with E-state index in [9.17, 15) is 0 Å². The van der Waals surface area contributed by atoms with Crippen molar-refractivity contribution in [2.75, 3.05) is 19.6 Å². The zero-order valence-electron chi connectivity index (χ0n) is 12.8. The minimum absolute atomic E-state index is 0.115. The maximum atomic E-state index is 4.34. The molecule has 108 valence electrons. The van der Waals surface area contributed by atoms with E-state index in [0.29, 0.717) is 6.04 Å². The molecule has 1 aromatic heterocycles. The molecule has 19 heavy (non-hydrogen) atoms. The predicted octanol–water partition coefficient (Wildman–Crippen LogP) is 2.34. The summed E-state index contributed by atoms with van der Waals surface area (Å²) in [5, 5.41) is 8.00. The molecule has 0 radical (unpaired) electrons. The smallest absolute Gasteiger partial charge is 0.0673 e. The third-order valence-electron chi connectivity index (χ3n) is 4.44.